The van der Waals surface area contributed by atoms with Gasteiger partial charge in [0.05, 0.1) is 19.5 Å². The first kappa shape index (κ1) is 49.8. The number of allylic oxidation sites excluding steroid dienone is 11. The Morgan fingerprint density at radius 2 is 1.04 bits per heavy atom. The number of carbonyl (C=O) groups excluding carboxylic acids is 1. The van der Waals surface area contributed by atoms with E-state index in [1.54, 1.807) is 6.26 Å². The van der Waals surface area contributed by atoms with Gasteiger partial charge in [-0.25, -0.2) is 4.57 Å². The van der Waals surface area contributed by atoms with E-state index >= 15 is 0 Å². The molecule has 300 valence electrons. The standard InChI is InChI=1S/C43H76NO7P/c1-3-5-7-9-11-13-15-17-19-21-22-24-26-28-30-32-34-36-43(45)51-42(41-50-52(46,47)49-39-37-44)40-48-38-35-33-31-29-27-25-23-20-18-16-14-12-10-8-6-4-2/h11,13,17-20,22,24,28,30,35,38,42H,3-10,12,14-16,21,23,25-27,29,31-34,36-37,39-41,44H2,1-2H3,(H,46,47)/t42-/m1/s1. The highest BCUT2D eigenvalue weighted by Gasteiger charge is 2.25. The van der Waals surface area contributed by atoms with E-state index in [1.807, 2.05) is 6.08 Å². The highest BCUT2D eigenvalue weighted by Crippen LogP contribution is 2.43. The van der Waals surface area contributed by atoms with Crippen LogP contribution in [0.2, 0.25) is 0 Å². The molecule has 0 amide bonds. The second kappa shape index (κ2) is 40.0. The zero-order chi connectivity index (χ0) is 38.1. The third-order valence-electron chi connectivity index (χ3n) is 8.16. The van der Waals surface area contributed by atoms with Crippen molar-refractivity contribution in [3.05, 3.63) is 73.1 Å². The minimum Gasteiger partial charge on any atom is -0.498 e. The summed E-state index contributed by atoms with van der Waals surface area (Å²) in [5, 5.41) is 0. The lowest BCUT2D eigenvalue weighted by molar-refractivity contribution is -0.153. The number of ether oxygens (including phenoxy) is 2. The van der Waals surface area contributed by atoms with Gasteiger partial charge in [-0.1, -0.05) is 132 Å². The first-order valence-corrected chi connectivity index (χ1v) is 22.0. The number of phosphoric ester groups is 1. The fourth-order valence-corrected chi connectivity index (χ4v) is 5.89. The number of phosphoric acid groups is 1. The van der Waals surface area contributed by atoms with E-state index in [9.17, 15) is 14.3 Å². The van der Waals surface area contributed by atoms with E-state index < -0.39 is 19.9 Å². The lowest BCUT2D eigenvalue weighted by atomic mass is 10.1. The Morgan fingerprint density at radius 3 is 1.60 bits per heavy atom. The number of carbonyl (C=O) groups is 1. The molecule has 52 heavy (non-hydrogen) atoms. The molecule has 0 saturated carbocycles. The Hall–Kier alpha value is -2.22. The predicted molar refractivity (Wildman–Crippen MR) is 219 cm³/mol. The summed E-state index contributed by atoms with van der Waals surface area (Å²) in [6, 6.07) is 0. The summed E-state index contributed by atoms with van der Waals surface area (Å²) in [6.45, 7) is 4.11. The maximum Gasteiger partial charge on any atom is 0.472 e. The minimum absolute atomic E-state index is 0.00137. The van der Waals surface area contributed by atoms with Crippen LogP contribution in [0.1, 0.15) is 162 Å². The van der Waals surface area contributed by atoms with Crippen LogP contribution in [0.4, 0.5) is 0 Å². The van der Waals surface area contributed by atoms with Crippen molar-refractivity contribution in [1.29, 1.82) is 0 Å². The quantitative estimate of drug-likeness (QED) is 0.0211. The third-order valence-corrected chi connectivity index (χ3v) is 9.14. The van der Waals surface area contributed by atoms with Gasteiger partial charge < -0.3 is 20.1 Å². The molecule has 2 atom stereocenters. The summed E-state index contributed by atoms with van der Waals surface area (Å²) in [7, 11) is -4.31. The molecule has 0 radical (unpaired) electrons. The number of hydrogen-bond acceptors (Lipinski definition) is 7. The Balaban J connectivity index is 4.26. The van der Waals surface area contributed by atoms with Gasteiger partial charge in [0.15, 0.2) is 6.10 Å². The van der Waals surface area contributed by atoms with Gasteiger partial charge in [-0.05, 0) is 89.5 Å². The topological polar surface area (TPSA) is 117 Å². The van der Waals surface area contributed by atoms with Crippen LogP contribution in [0.3, 0.4) is 0 Å². The van der Waals surface area contributed by atoms with Crippen molar-refractivity contribution in [2.45, 2.75) is 168 Å². The van der Waals surface area contributed by atoms with E-state index in [0.717, 1.165) is 44.9 Å². The van der Waals surface area contributed by atoms with Crippen LogP contribution >= 0.6 is 7.82 Å². The van der Waals surface area contributed by atoms with Crippen molar-refractivity contribution in [2.24, 2.45) is 5.73 Å². The summed E-state index contributed by atoms with van der Waals surface area (Å²) in [5.74, 6) is -0.412. The second-order valence-corrected chi connectivity index (χ2v) is 14.7. The van der Waals surface area contributed by atoms with Crippen LogP contribution in [0, 0.1) is 0 Å². The van der Waals surface area contributed by atoms with E-state index in [4.69, 9.17) is 24.3 Å². The average Bonchev–Trinajstić information content (AvgIpc) is 3.13. The Labute approximate surface area is 318 Å². The predicted octanol–water partition coefficient (Wildman–Crippen LogP) is 12.3. The molecule has 0 aromatic heterocycles. The molecule has 0 spiro atoms. The average molecular weight is 750 g/mol. The maximum absolute atomic E-state index is 12.5. The number of unbranched alkanes of at least 4 members (excludes halogenated alkanes) is 15. The van der Waals surface area contributed by atoms with Gasteiger partial charge in [-0.15, -0.1) is 0 Å². The summed E-state index contributed by atoms with van der Waals surface area (Å²) >= 11 is 0. The summed E-state index contributed by atoms with van der Waals surface area (Å²) in [5.41, 5.74) is 5.35. The second-order valence-electron chi connectivity index (χ2n) is 13.2. The zero-order valence-corrected chi connectivity index (χ0v) is 33.9. The molecule has 0 aliphatic rings. The Kier molecular flexibility index (Phi) is 38.3. The summed E-state index contributed by atoms with van der Waals surface area (Å²) < 4.78 is 33.0. The zero-order valence-electron chi connectivity index (χ0n) is 33.0. The fourth-order valence-electron chi connectivity index (χ4n) is 5.12. The molecule has 1 unspecified atom stereocenters. The lowest BCUT2D eigenvalue weighted by Gasteiger charge is -2.19. The third kappa shape index (κ3) is 39.0. The molecule has 0 aromatic rings. The molecule has 0 heterocycles. The molecule has 0 aromatic carbocycles. The lowest BCUT2D eigenvalue weighted by Crippen LogP contribution is -2.27. The van der Waals surface area contributed by atoms with Crippen LogP contribution in [0.5, 0.6) is 0 Å². The van der Waals surface area contributed by atoms with Crippen molar-refractivity contribution in [1.82, 2.24) is 0 Å². The number of hydrogen-bond donors (Lipinski definition) is 2. The summed E-state index contributed by atoms with van der Waals surface area (Å²) in [6.07, 6.45) is 50.1. The minimum atomic E-state index is -4.31. The van der Waals surface area contributed by atoms with Gasteiger partial charge in [-0.3, -0.25) is 13.8 Å². The van der Waals surface area contributed by atoms with Crippen LogP contribution in [0.15, 0.2) is 73.1 Å². The van der Waals surface area contributed by atoms with Crippen molar-refractivity contribution in [2.75, 3.05) is 26.4 Å². The number of rotatable bonds is 38. The smallest absolute Gasteiger partial charge is 0.472 e. The normalized spacial score (nSPS) is 14.2. The molecular weight excluding hydrogens is 673 g/mol. The van der Waals surface area contributed by atoms with Crippen LogP contribution in [-0.2, 0) is 27.9 Å². The van der Waals surface area contributed by atoms with Gasteiger partial charge in [0, 0.05) is 13.0 Å². The molecule has 0 aliphatic carbocycles. The van der Waals surface area contributed by atoms with E-state index in [1.165, 1.54) is 89.9 Å². The monoisotopic (exact) mass is 750 g/mol. The van der Waals surface area contributed by atoms with Crippen molar-refractivity contribution in [3.63, 3.8) is 0 Å². The van der Waals surface area contributed by atoms with E-state index in [0.29, 0.717) is 6.42 Å². The van der Waals surface area contributed by atoms with Crippen molar-refractivity contribution >= 4 is 13.8 Å². The number of esters is 1. The molecule has 0 saturated heterocycles. The van der Waals surface area contributed by atoms with E-state index in [2.05, 4.69) is 74.6 Å². The maximum atomic E-state index is 12.5. The molecule has 0 rings (SSSR count). The number of nitrogens with two attached hydrogens (primary N) is 1. The molecule has 0 bridgehead atoms. The first-order chi connectivity index (χ1) is 25.4. The highest BCUT2D eigenvalue weighted by atomic mass is 31.2. The molecule has 0 fully saturated rings. The largest absolute Gasteiger partial charge is 0.498 e. The van der Waals surface area contributed by atoms with Gasteiger partial charge >= 0.3 is 13.8 Å². The van der Waals surface area contributed by atoms with Crippen molar-refractivity contribution in [3.8, 4) is 0 Å². The fraction of sp³-hybridized carbons (Fsp3) is 0.698. The molecule has 0 aliphatic heterocycles. The van der Waals surface area contributed by atoms with Gasteiger partial charge in [0.1, 0.15) is 6.61 Å². The van der Waals surface area contributed by atoms with E-state index in [-0.39, 0.29) is 32.8 Å². The highest BCUT2D eigenvalue weighted by molar-refractivity contribution is 7.47. The SMILES string of the molecule is CCCCCC=CCC=CCC=CCC=CCCCC(=O)O[C@H](COC=CCCCCCCC=CCCCCCCCC)COP(=O)(O)OCCN. The molecule has 9 heteroatoms. The Bertz CT molecular complexity index is 1020. The Morgan fingerprint density at radius 1 is 0.596 bits per heavy atom. The van der Waals surface area contributed by atoms with Gasteiger partial charge in [0.2, 0.25) is 0 Å². The van der Waals surface area contributed by atoms with Crippen LogP contribution in [0.25, 0.3) is 0 Å². The van der Waals surface area contributed by atoms with Crippen LogP contribution in [-0.4, -0.2) is 43.3 Å². The van der Waals surface area contributed by atoms with Gasteiger partial charge in [0.25, 0.3) is 0 Å². The van der Waals surface area contributed by atoms with Crippen LogP contribution < -0.4 is 5.73 Å². The molecular formula is C43H76NO7P. The molecule has 8 nitrogen and oxygen atoms in total. The first-order valence-electron chi connectivity index (χ1n) is 20.5. The summed E-state index contributed by atoms with van der Waals surface area (Å²) in [4.78, 5) is 22.4. The van der Waals surface area contributed by atoms with Crippen molar-refractivity contribution < 1.29 is 32.8 Å². The van der Waals surface area contributed by atoms with Gasteiger partial charge in [-0.2, -0.15) is 0 Å². The molecule has 3 N–H and O–H groups in total.